The number of amides is 2. The van der Waals surface area contributed by atoms with Gasteiger partial charge in [0, 0.05) is 24.3 Å². The lowest BCUT2D eigenvalue weighted by Gasteiger charge is -2.18. The Labute approximate surface area is 172 Å². The fourth-order valence-corrected chi connectivity index (χ4v) is 4.53. The molecule has 0 aliphatic carbocycles. The number of carbonyl (C=O) groups excluding carboxylic acids is 2. The van der Waals surface area contributed by atoms with E-state index in [-0.39, 0.29) is 22.9 Å². The Morgan fingerprint density at radius 2 is 1.59 bits per heavy atom. The van der Waals surface area contributed by atoms with Crippen molar-refractivity contribution in [2.45, 2.75) is 32.6 Å². The number of aryl methyl sites for hydroxylation is 2. The van der Waals surface area contributed by atoms with Gasteiger partial charge in [-0.25, -0.2) is 8.42 Å². The molecular formula is C21H27N3O4S. The molecule has 0 aromatic heterocycles. The van der Waals surface area contributed by atoms with Gasteiger partial charge in [0.05, 0.1) is 11.4 Å². The number of anilines is 1. The van der Waals surface area contributed by atoms with Gasteiger partial charge in [0.1, 0.15) is 0 Å². The average Bonchev–Trinajstić information content (AvgIpc) is 2.66. The van der Waals surface area contributed by atoms with Gasteiger partial charge in [-0.3, -0.25) is 9.59 Å². The molecule has 29 heavy (non-hydrogen) atoms. The van der Waals surface area contributed by atoms with Crippen LogP contribution in [0.1, 0.15) is 35.3 Å². The van der Waals surface area contributed by atoms with E-state index in [9.17, 15) is 18.0 Å². The smallest absolute Gasteiger partial charge is 0.251 e. The first-order valence-corrected chi connectivity index (χ1v) is 10.9. The van der Waals surface area contributed by atoms with Crippen LogP contribution in [0, 0.1) is 13.8 Å². The van der Waals surface area contributed by atoms with Crippen LogP contribution in [-0.2, 0) is 14.8 Å². The molecule has 156 valence electrons. The number of rotatable bonds is 8. The van der Waals surface area contributed by atoms with Gasteiger partial charge in [0.15, 0.2) is 0 Å². The molecule has 0 spiro atoms. The summed E-state index contributed by atoms with van der Waals surface area (Å²) in [6, 6.07) is 11.5. The summed E-state index contributed by atoms with van der Waals surface area (Å²) in [4.78, 5) is 24.6. The highest BCUT2D eigenvalue weighted by atomic mass is 32.2. The lowest BCUT2D eigenvalue weighted by Crippen LogP contribution is -2.33. The first-order chi connectivity index (χ1) is 13.7. The third-order valence-electron chi connectivity index (χ3n) is 4.35. The molecule has 0 fully saturated rings. The fraction of sp³-hybridized carbons (Fsp3) is 0.333. The third kappa shape index (κ3) is 5.88. The number of nitrogens with zero attached hydrogens (tertiary/aromatic N) is 1. The first-order valence-electron chi connectivity index (χ1n) is 9.44. The van der Waals surface area contributed by atoms with E-state index in [1.165, 1.54) is 28.6 Å². The van der Waals surface area contributed by atoms with Gasteiger partial charge < -0.3 is 10.6 Å². The average molecular weight is 418 g/mol. The zero-order chi connectivity index (χ0) is 21.6. The topological polar surface area (TPSA) is 95.6 Å². The molecule has 2 rings (SSSR count). The van der Waals surface area contributed by atoms with Gasteiger partial charge >= 0.3 is 0 Å². The molecule has 0 aliphatic heterocycles. The van der Waals surface area contributed by atoms with E-state index >= 15 is 0 Å². The van der Waals surface area contributed by atoms with Gasteiger partial charge in [0.2, 0.25) is 15.9 Å². The summed E-state index contributed by atoms with van der Waals surface area (Å²) in [6.07, 6.45) is 0. The standard InChI is InChI=1S/C21H27N3O4S/c1-5-24(6-2)29(27,28)19-9-7-8-17(13-19)21(26)22-14-20(25)23-18-11-15(3)10-16(4)12-18/h7-13H,5-6,14H2,1-4H3,(H,22,26)(H,23,25). The minimum Gasteiger partial charge on any atom is -0.343 e. The van der Waals surface area contributed by atoms with Crippen molar-refractivity contribution in [3.05, 3.63) is 59.2 Å². The van der Waals surface area contributed by atoms with Crippen LogP contribution in [0.15, 0.2) is 47.4 Å². The van der Waals surface area contributed by atoms with Crippen molar-refractivity contribution in [3.8, 4) is 0 Å². The van der Waals surface area contributed by atoms with Gasteiger partial charge in [-0.2, -0.15) is 4.31 Å². The fourth-order valence-electron chi connectivity index (χ4n) is 3.03. The van der Waals surface area contributed by atoms with Crippen LogP contribution in [-0.4, -0.2) is 44.2 Å². The van der Waals surface area contributed by atoms with E-state index < -0.39 is 15.9 Å². The Morgan fingerprint density at radius 1 is 0.966 bits per heavy atom. The van der Waals surface area contributed by atoms with Crippen LogP contribution in [0.5, 0.6) is 0 Å². The van der Waals surface area contributed by atoms with E-state index in [4.69, 9.17) is 0 Å². The van der Waals surface area contributed by atoms with Crippen molar-refractivity contribution >= 4 is 27.5 Å². The van der Waals surface area contributed by atoms with Crippen molar-refractivity contribution in [3.63, 3.8) is 0 Å². The van der Waals surface area contributed by atoms with Gasteiger partial charge in [-0.15, -0.1) is 0 Å². The molecule has 0 saturated carbocycles. The molecular weight excluding hydrogens is 390 g/mol. The molecule has 0 bridgehead atoms. The van der Waals surface area contributed by atoms with Crippen molar-refractivity contribution in [2.75, 3.05) is 25.0 Å². The predicted molar refractivity (Wildman–Crippen MR) is 113 cm³/mol. The quantitative estimate of drug-likeness (QED) is 0.690. The van der Waals surface area contributed by atoms with E-state index in [1.807, 2.05) is 32.0 Å². The number of sulfonamides is 1. The second-order valence-electron chi connectivity index (χ2n) is 6.72. The van der Waals surface area contributed by atoms with Gasteiger partial charge in [-0.1, -0.05) is 26.0 Å². The summed E-state index contributed by atoms with van der Waals surface area (Å²) < 4.78 is 26.6. The maximum atomic E-state index is 12.6. The second kappa shape index (κ2) is 9.67. The van der Waals surface area contributed by atoms with Crippen LogP contribution < -0.4 is 10.6 Å². The molecule has 7 nitrogen and oxygen atoms in total. The van der Waals surface area contributed by atoms with Crippen molar-refractivity contribution in [1.82, 2.24) is 9.62 Å². The molecule has 0 aliphatic rings. The monoisotopic (exact) mass is 417 g/mol. The molecule has 2 N–H and O–H groups in total. The molecule has 0 unspecified atom stereocenters. The number of hydrogen-bond donors (Lipinski definition) is 2. The first kappa shape index (κ1) is 22.6. The summed E-state index contributed by atoms with van der Waals surface area (Å²) >= 11 is 0. The third-order valence-corrected chi connectivity index (χ3v) is 6.40. The molecule has 0 atom stereocenters. The molecule has 0 heterocycles. The van der Waals surface area contributed by atoms with E-state index in [1.54, 1.807) is 13.8 Å². The normalized spacial score (nSPS) is 11.3. The summed E-state index contributed by atoms with van der Waals surface area (Å²) in [5.41, 5.74) is 2.89. The van der Waals surface area contributed by atoms with E-state index in [0.717, 1.165) is 11.1 Å². The number of hydrogen-bond acceptors (Lipinski definition) is 4. The number of carbonyl (C=O) groups is 2. The number of nitrogens with one attached hydrogen (secondary N) is 2. The van der Waals surface area contributed by atoms with Crippen molar-refractivity contribution < 1.29 is 18.0 Å². The summed E-state index contributed by atoms with van der Waals surface area (Å²) in [5, 5.41) is 5.26. The molecule has 2 aromatic carbocycles. The molecule has 8 heteroatoms. The van der Waals surface area contributed by atoms with E-state index in [2.05, 4.69) is 10.6 Å². The minimum atomic E-state index is -3.66. The lowest BCUT2D eigenvalue weighted by molar-refractivity contribution is -0.115. The highest BCUT2D eigenvalue weighted by Gasteiger charge is 2.22. The largest absolute Gasteiger partial charge is 0.343 e. The zero-order valence-electron chi connectivity index (χ0n) is 17.2. The van der Waals surface area contributed by atoms with Gasteiger partial charge in [-0.05, 0) is 55.3 Å². The van der Waals surface area contributed by atoms with Gasteiger partial charge in [0.25, 0.3) is 5.91 Å². The summed E-state index contributed by atoms with van der Waals surface area (Å²) in [6.45, 7) is 7.84. The minimum absolute atomic E-state index is 0.0496. The molecule has 0 radical (unpaired) electrons. The van der Waals surface area contributed by atoms with Crippen LogP contribution in [0.3, 0.4) is 0 Å². The zero-order valence-corrected chi connectivity index (χ0v) is 18.0. The SMILES string of the molecule is CCN(CC)S(=O)(=O)c1cccc(C(=O)NCC(=O)Nc2cc(C)cc(C)c2)c1. The maximum Gasteiger partial charge on any atom is 0.251 e. The highest BCUT2D eigenvalue weighted by molar-refractivity contribution is 7.89. The van der Waals surface area contributed by atoms with Crippen molar-refractivity contribution in [1.29, 1.82) is 0 Å². The Hall–Kier alpha value is -2.71. The van der Waals surface area contributed by atoms with Crippen molar-refractivity contribution in [2.24, 2.45) is 0 Å². The second-order valence-corrected chi connectivity index (χ2v) is 8.66. The summed E-state index contributed by atoms with van der Waals surface area (Å²) in [5.74, 6) is -0.882. The Morgan fingerprint density at radius 3 is 2.17 bits per heavy atom. The Kier molecular flexibility index (Phi) is 7.53. The molecule has 0 saturated heterocycles. The van der Waals surface area contributed by atoms with Crippen LogP contribution >= 0.6 is 0 Å². The van der Waals surface area contributed by atoms with E-state index in [0.29, 0.717) is 18.8 Å². The highest BCUT2D eigenvalue weighted by Crippen LogP contribution is 2.17. The summed E-state index contributed by atoms with van der Waals surface area (Å²) in [7, 11) is -3.66. The lowest BCUT2D eigenvalue weighted by atomic mass is 10.1. The Balaban J connectivity index is 2.05. The maximum absolute atomic E-state index is 12.6. The predicted octanol–water partition coefficient (Wildman–Crippen LogP) is 2.70. The Bertz CT molecular complexity index is 978. The van der Waals surface area contributed by atoms with Crippen LogP contribution in [0.25, 0.3) is 0 Å². The number of benzene rings is 2. The molecule has 2 aromatic rings. The van der Waals surface area contributed by atoms with Crippen LogP contribution in [0.2, 0.25) is 0 Å². The van der Waals surface area contributed by atoms with Crippen LogP contribution in [0.4, 0.5) is 5.69 Å². The molecule has 2 amide bonds.